The second kappa shape index (κ2) is 12.2. The van der Waals surface area contributed by atoms with Crippen molar-refractivity contribution in [1.29, 1.82) is 0 Å². The minimum Gasteiger partial charge on any atom is -0.483 e. The fourth-order valence-corrected chi connectivity index (χ4v) is 3.92. The van der Waals surface area contributed by atoms with E-state index in [1.54, 1.807) is 4.90 Å². The van der Waals surface area contributed by atoms with Gasteiger partial charge in [-0.1, -0.05) is 77.9 Å². The van der Waals surface area contributed by atoms with Crippen molar-refractivity contribution in [3.63, 3.8) is 0 Å². The van der Waals surface area contributed by atoms with Gasteiger partial charge < -0.3 is 15.0 Å². The zero-order valence-electron chi connectivity index (χ0n) is 20.7. The fraction of sp³-hybridized carbons (Fsp3) is 0.481. The van der Waals surface area contributed by atoms with Crippen molar-refractivity contribution in [2.24, 2.45) is 5.92 Å². The molecule has 0 aliphatic carbocycles. The molecule has 1 N–H and O–H groups in total. The lowest BCUT2D eigenvalue weighted by Crippen LogP contribution is -2.50. The molecule has 5 nitrogen and oxygen atoms in total. The van der Waals surface area contributed by atoms with Crippen LogP contribution in [0.25, 0.3) is 0 Å². The van der Waals surface area contributed by atoms with E-state index in [2.05, 4.69) is 42.0 Å². The zero-order valence-corrected chi connectivity index (χ0v) is 22.2. The van der Waals surface area contributed by atoms with Crippen LogP contribution < -0.4 is 10.1 Å². The summed E-state index contributed by atoms with van der Waals surface area (Å²) in [5.74, 6) is 0.582. The molecule has 2 aromatic rings. The van der Waals surface area contributed by atoms with E-state index in [1.807, 2.05) is 69.3 Å². The van der Waals surface area contributed by atoms with Crippen molar-refractivity contribution in [3.05, 3.63) is 64.1 Å². The lowest BCUT2D eigenvalue weighted by atomic mass is 9.87. The predicted octanol–water partition coefficient (Wildman–Crippen LogP) is 5.71. The number of halogens is 1. The van der Waals surface area contributed by atoms with Crippen molar-refractivity contribution >= 4 is 27.7 Å². The molecule has 0 unspecified atom stereocenters. The average Bonchev–Trinajstić information content (AvgIpc) is 2.76. The summed E-state index contributed by atoms with van der Waals surface area (Å²) in [5.41, 5.74) is 2.16. The van der Waals surface area contributed by atoms with Crippen LogP contribution in [0.4, 0.5) is 0 Å². The molecule has 2 amide bonds. The molecular weight excluding hydrogens is 480 g/mol. The van der Waals surface area contributed by atoms with E-state index in [-0.39, 0.29) is 23.8 Å². The molecule has 0 saturated heterocycles. The number of nitrogens with one attached hydrogen (secondary N) is 1. The number of rotatable bonds is 10. The number of hydrogen-bond donors (Lipinski definition) is 1. The van der Waals surface area contributed by atoms with Crippen molar-refractivity contribution in [2.75, 3.05) is 13.2 Å². The molecule has 33 heavy (non-hydrogen) atoms. The summed E-state index contributed by atoms with van der Waals surface area (Å²) in [4.78, 5) is 27.9. The van der Waals surface area contributed by atoms with Gasteiger partial charge in [-0.15, -0.1) is 0 Å². The summed E-state index contributed by atoms with van der Waals surface area (Å²) in [6, 6.07) is 15.1. The Balaban J connectivity index is 2.19. The van der Waals surface area contributed by atoms with Gasteiger partial charge in [-0.25, -0.2) is 0 Å². The average molecular weight is 518 g/mol. The van der Waals surface area contributed by atoms with E-state index in [0.717, 1.165) is 10.0 Å². The molecular formula is C27H37BrN2O3. The minimum absolute atomic E-state index is 0.0149. The lowest BCUT2D eigenvalue weighted by Gasteiger charge is -2.31. The van der Waals surface area contributed by atoms with E-state index >= 15 is 0 Å². The van der Waals surface area contributed by atoms with Gasteiger partial charge in [-0.05, 0) is 56.9 Å². The number of hydrogen-bond acceptors (Lipinski definition) is 3. The number of carbonyl (C=O) groups is 2. The molecule has 0 aliphatic heterocycles. The summed E-state index contributed by atoms with van der Waals surface area (Å²) in [6.07, 6.45) is 0.520. The number of ether oxygens (including phenoxy) is 1. The van der Waals surface area contributed by atoms with Crippen LogP contribution in [0.5, 0.6) is 5.75 Å². The maximum atomic E-state index is 13.3. The molecule has 0 fully saturated rings. The minimum atomic E-state index is -0.563. The Kier molecular flexibility index (Phi) is 9.96. The molecule has 0 saturated carbocycles. The van der Waals surface area contributed by atoms with Gasteiger partial charge in [0, 0.05) is 13.1 Å². The van der Waals surface area contributed by atoms with E-state index < -0.39 is 6.04 Å². The molecule has 0 aliphatic rings. The van der Waals surface area contributed by atoms with Gasteiger partial charge in [-0.2, -0.15) is 0 Å². The molecule has 2 aromatic carbocycles. The fourth-order valence-electron chi connectivity index (χ4n) is 3.43. The topological polar surface area (TPSA) is 58.6 Å². The van der Waals surface area contributed by atoms with Gasteiger partial charge in [0.2, 0.25) is 5.91 Å². The van der Waals surface area contributed by atoms with Crippen LogP contribution in [-0.2, 0) is 21.5 Å². The third-order valence-corrected chi connectivity index (χ3v) is 6.03. The number of carbonyl (C=O) groups excluding carboxylic acids is 2. The highest BCUT2D eigenvalue weighted by molar-refractivity contribution is 9.10. The first kappa shape index (κ1) is 26.9. The van der Waals surface area contributed by atoms with Crippen LogP contribution >= 0.6 is 15.9 Å². The smallest absolute Gasteiger partial charge is 0.261 e. The summed E-state index contributed by atoms with van der Waals surface area (Å²) in [5, 5.41) is 2.98. The van der Waals surface area contributed by atoms with Gasteiger partial charge in [0.05, 0.1) is 4.47 Å². The predicted molar refractivity (Wildman–Crippen MR) is 137 cm³/mol. The Morgan fingerprint density at radius 2 is 1.76 bits per heavy atom. The van der Waals surface area contributed by atoms with Crippen molar-refractivity contribution in [1.82, 2.24) is 10.2 Å². The Hall–Kier alpha value is -2.34. The molecule has 0 heterocycles. The largest absolute Gasteiger partial charge is 0.483 e. The molecule has 6 heteroatoms. The summed E-state index contributed by atoms with van der Waals surface area (Å²) < 4.78 is 6.69. The van der Waals surface area contributed by atoms with E-state index in [9.17, 15) is 9.59 Å². The summed E-state index contributed by atoms with van der Waals surface area (Å²) >= 11 is 3.57. The highest BCUT2D eigenvalue weighted by Gasteiger charge is 2.29. The summed E-state index contributed by atoms with van der Waals surface area (Å²) in [6.45, 7) is 13.2. The van der Waals surface area contributed by atoms with E-state index in [1.165, 1.54) is 5.56 Å². The molecule has 0 radical (unpaired) electrons. The zero-order chi connectivity index (χ0) is 24.6. The van der Waals surface area contributed by atoms with Gasteiger partial charge in [0.1, 0.15) is 11.8 Å². The first-order chi connectivity index (χ1) is 15.5. The van der Waals surface area contributed by atoms with Crippen LogP contribution in [0.1, 0.15) is 59.1 Å². The second-order valence-electron chi connectivity index (χ2n) is 9.75. The molecule has 0 spiro atoms. The van der Waals surface area contributed by atoms with Crippen LogP contribution in [0.15, 0.2) is 53.0 Å². The van der Waals surface area contributed by atoms with Gasteiger partial charge >= 0.3 is 0 Å². The highest BCUT2D eigenvalue weighted by atomic mass is 79.9. The maximum Gasteiger partial charge on any atom is 0.261 e. The first-order valence-electron chi connectivity index (χ1n) is 11.6. The van der Waals surface area contributed by atoms with Crippen molar-refractivity contribution in [2.45, 2.75) is 66.0 Å². The standard InChI is InChI=1S/C27H37BrN2O3/c1-7-23(26(32)29-16-19(2)3)30(17-20-11-9-8-10-12-20)25(31)18-33-24-14-13-21(15-22(24)28)27(4,5)6/h8-15,19,23H,7,16-18H2,1-6H3,(H,29,32)/t23-/m0/s1. The number of benzene rings is 2. The Morgan fingerprint density at radius 1 is 1.09 bits per heavy atom. The molecule has 180 valence electrons. The van der Waals surface area contributed by atoms with Crippen LogP contribution in [0.2, 0.25) is 0 Å². The van der Waals surface area contributed by atoms with Gasteiger partial charge in [0.15, 0.2) is 6.61 Å². The Bertz CT molecular complexity index is 923. The van der Waals surface area contributed by atoms with E-state index in [4.69, 9.17) is 4.74 Å². The quantitative estimate of drug-likeness (QED) is 0.440. The normalized spacial score (nSPS) is 12.4. The van der Waals surface area contributed by atoms with Crippen molar-refractivity contribution < 1.29 is 14.3 Å². The third-order valence-electron chi connectivity index (χ3n) is 5.42. The molecule has 2 rings (SSSR count). The Morgan fingerprint density at radius 3 is 2.30 bits per heavy atom. The van der Waals surface area contributed by atoms with E-state index in [0.29, 0.717) is 31.2 Å². The molecule has 1 atom stereocenters. The summed E-state index contributed by atoms with van der Waals surface area (Å²) in [7, 11) is 0. The molecule has 0 bridgehead atoms. The van der Waals surface area contributed by atoms with Crippen molar-refractivity contribution in [3.8, 4) is 5.75 Å². The highest BCUT2D eigenvalue weighted by Crippen LogP contribution is 2.31. The SMILES string of the molecule is CC[C@@H](C(=O)NCC(C)C)N(Cc1ccccc1)C(=O)COc1ccc(C(C)(C)C)cc1Br. The second-order valence-corrected chi connectivity index (χ2v) is 10.6. The van der Waals surface area contributed by atoms with Crippen LogP contribution in [0, 0.1) is 5.92 Å². The lowest BCUT2D eigenvalue weighted by molar-refractivity contribution is -0.143. The molecule has 0 aromatic heterocycles. The third kappa shape index (κ3) is 8.18. The van der Waals surface area contributed by atoms with Gasteiger partial charge in [-0.3, -0.25) is 9.59 Å². The number of nitrogens with zero attached hydrogens (tertiary/aromatic N) is 1. The maximum absolute atomic E-state index is 13.3. The Labute approximate surface area is 207 Å². The van der Waals surface area contributed by atoms with Gasteiger partial charge in [0.25, 0.3) is 5.91 Å². The first-order valence-corrected chi connectivity index (χ1v) is 12.4. The monoisotopic (exact) mass is 516 g/mol. The van der Waals surface area contributed by atoms with Crippen LogP contribution in [-0.4, -0.2) is 35.9 Å². The number of amides is 2. The van der Waals surface area contributed by atoms with Crippen LogP contribution in [0.3, 0.4) is 0 Å².